The first-order valence-corrected chi connectivity index (χ1v) is 9.14. The minimum absolute atomic E-state index is 0.0708. The van der Waals surface area contributed by atoms with E-state index in [9.17, 15) is 4.79 Å². The molecule has 1 aliphatic heterocycles. The van der Waals surface area contributed by atoms with Crippen molar-refractivity contribution in [3.63, 3.8) is 0 Å². The fourth-order valence-corrected chi connectivity index (χ4v) is 3.33. The van der Waals surface area contributed by atoms with E-state index in [1.54, 1.807) is 12.1 Å². The van der Waals surface area contributed by atoms with Gasteiger partial charge >= 0.3 is 0 Å². The number of morpholine rings is 1. The summed E-state index contributed by atoms with van der Waals surface area (Å²) in [5, 5.41) is 3.77. The number of nitrogens with one attached hydrogen (secondary N) is 1. The van der Waals surface area contributed by atoms with Crippen molar-refractivity contribution in [2.24, 2.45) is 0 Å². The lowest BCUT2D eigenvalue weighted by atomic mass is 10.0. The van der Waals surface area contributed by atoms with Crippen LogP contribution in [-0.4, -0.2) is 43.7 Å². The van der Waals surface area contributed by atoms with Gasteiger partial charge in [0, 0.05) is 35.9 Å². The summed E-state index contributed by atoms with van der Waals surface area (Å²) in [6.45, 7) is 5.49. The molecule has 1 amide bonds. The van der Waals surface area contributed by atoms with Crippen molar-refractivity contribution in [3.8, 4) is 0 Å². The lowest BCUT2D eigenvalue weighted by Gasteiger charge is -2.35. The summed E-state index contributed by atoms with van der Waals surface area (Å²) in [7, 11) is 0. The zero-order chi connectivity index (χ0) is 18.5. The first-order chi connectivity index (χ1) is 12.5. The molecule has 6 heteroatoms. The van der Waals surface area contributed by atoms with Gasteiger partial charge in [0.2, 0.25) is 0 Å². The Morgan fingerprint density at radius 1 is 1.23 bits per heavy atom. The molecule has 138 valence electrons. The fourth-order valence-electron chi connectivity index (χ4n) is 3.20. The maximum atomic E-state index is 12.7. The zero-order valence-electron chi connectivity index (χ0n) is 14.9. The van der Waals surface area contributed by atoms with Crippen molar-refractivity contribution in [1.29, 1.82) is 0 Å². The smallest absolute Gasteiger partial charge is 0.251 e. The molecule has 1 saturated heterocycles. The molecule has 2 aromatic carbocycles. The number of nitrogens with zero attached hydrogens (tertiary/aromatic N) is 1. The summed E-state index contributed by atoms with van der Waals surface area (Å²) in [6.07, 6.45) is 0. The molecule has 3 rings (SSSR count). The van der Waals surface area contributed by atoms with Crippen LogP contribution in [0.5, 0.6) is 0 Å². The van der Waals surface area contributed by atoms with Crippen LogP contribution in [0.15, 0.2) is 42.5 Å². The maximum Gasteiger partial charge on any atom is 0.251 e. The molecule has 1 unspecified atom stereocenters. The molecule has 0 spiro atoms. The molecule has 1 fully saturated rings. The van der Waals surface area contributed by atoms with E-state index in [0.29, 0.717) is 36.0 Å². The second-order valence-electron chi connectivity index (χ2n) is 6.50. The highest BCUT2D eigenvalue weighted by Gasteiger charge is 2.23. The Balaban J connectivity index is 1.75. The van der Waals surface area contributed by atoms with Crippen LogP contribution in [0.3, 0.4) is 0 Å². The van der Waals surface area contributed by atoms with Crippen LogP contribution in [0, 0.1) is 6.92 Å². The van der Waals surface area contributed by atoms with E-state index in [1.165, 1.54) is 0 Å². The van der Waals surface area contributed by atoms with E-state index in [1.807, 2.05) is 37.3 Å². The second kappa shape index (κ2) is 8.54. The number of nitrogens with two attached hydrogens (primary N) is 1. The van der Waals surface area contributed by atoms with Gasteiger partial charge in [0.15, 0.2) is 0 Å². The first kappa shape index (κ1) is 18.7. The van der Waals surface area contributed by atoms with Crippen LogP contribution in [-0.2, 0) is 4.74 Å². The van der Waals surface area contributed by atoms with Crippen LogP contribution >= 0.6 is 11.6 Å². The largest absolute Gasteiger partial charge is 0.399 e. The lowest BCUT2D eigenvalue weighted by molar-refractivity contribution is 0.0162. The zero-order valence-corrected chi connectivity index (χ0v) is 15.6. The van der Waals surface area contributed by atoms with Gasteiger partial charge < -0.3 is 15.8 Å². The highest BCUT2D eigenvalue weighted by Crippen LogP contribution is 2.23. The third-order valence-electron chi connectivity index (χ3n) is 4.70. The molecule has 1 heterocycles. The maximum absolute atomic E-state index is 12.7. The summed E-state index contributed by atoms with van der Waals surface area (Å²) in [5.41, 5.74) is 9.06. The van der Waals surface area contributed by atoms with Gasteiger partial charge in [-0.1, -0.05) is 29.8 Å². The third kappa shape index (κ3) is 4.55. The SMILES string of the molecule is Cc1ccc(N)cc1C(=O)NCC(c1ccc(Cl)cc1)N1CCOCC1. The van der Waals surface area contributed by atoms with Crippen LogP contribution < -0.4 is 11.1 Å². The van der Waals surface area contributed by atoms with Crippen LogP contribution in [0.1, 0.15) is 27.5 Å². The summed E-state index contributed by atoms with van der Waals surface area (Å²) in [5.74, 6) is -0.109. The number of hydrogen-bond acceptors (Lipinski definition) is 4. The Morgan fingerprint density at radius 2 is 1.92 bits per heavy atom. The van der Waals surface area contributed by atoms with Crippen molar-refractivity contribution in [1.82, 2.24) is 10.2 Å². The number of anilines is 1. The average Bonchev–Trinajstić information content (AvgIpc) is 2.66. The first-order valence-electron chi connectivity index (χ1n) is 8.76. The molecule has 1 aliphatic rings. The molecule has 0 aliphatic carbocycles. The number of nitrogen functional groups attached to an aromatic ring is 1. The van der Waals surface area contributed by atoms with Gasteiger partial charge in [-0.25, -0.2) is 0 Å². The van der Waals surface area contributed by atoms with Crippen molar-refractivity contribution < 1.29 is 9.53 Å². The minimum atomic E-state index is -0.109. The molecule has 0 aromatic heterocycles. The van der Waals surface area contributed by atoms with Gasteiger partial charge in [-0.15, -0.1) is 0 Å². The van der Waals surface area contributed by atoms with E-state index < -0.39 is 0 Å². The number of aryl methyl sites for hydroxylation is 1. The number of hydrogen-bond donors (Lipinski definition) is 2. The Hall–Kier alpha value is -2.08. The van der Waals surface area contributed by atoms with Gasteiger partial charge in [-0.3, -0.25) is 9.69 Å². The summed E-state index contributed by atoms with van der Waals surface area (Å²) in [4.78, 5) is 15.0. The highest BCUT2D eigenvalue weighted by molar-refractivity contribution is 6.30. The molecule has 0 bridgehead atoms. The monoisotopic (exact) mass is 373 g/mol. The Morgan fingerprint density at radius 3 is 2.62 bits per heavy atom. The number of rotatable bonds is 5. The highest BCUT2D eigenvalue weighted by atomic mass is 35.5. The normalized spacial score (nSPS) is 16.2. The summed E-state index contributed by atoms with van der Waals surface area (Å²) < 4.78 is 5.46. The van der Waals surface area contributed by atoms with E-state index >= 15 is 0 Å². The van der Waals surface area contributed by atoms with Gasteiger partial charge in [0.1, 0.15) is 0 Å². The second-order valence-corrected chi connectivity index (χ2v) is 6.94. The number of carbonyl (C=O) groups excluding carboxylic acids is 1. The van der Waals surface area contributed by atoms with Crippen molar-refractivity contribution >= 4 is 23.2 Å². The van der Waals surface area contributed by atoms with E-state index in [-0.39, 0.29) is 11.9 Å². The summed E-state index contributed by atoms with van der Waals surface area (Å²) >= 11 is 6.03. The predicted molar refractivity (Wildman–Crippen MR) is 105 cm³/mol. The average molecular weight is 374 g/mol. The van der Waals surface area contributed by atoms with Crippen molar-refractivity contribution in [2.45, 2.75) is 13.0 Å². The number of halogens is 1. The molecule has 0 saturated carbocycles. The van der Waals surface area contributed by atoms with Crippen molar-refractivity contribution in [3.05, 3.63) is 64.2 Å². The van der Waals surface area contributed by atoms with Gasteiger partial charge in [-0.2, -0.15) is 0 Å². The van der Waals surface area contributed by atoms with E-state index in [0.717, 1.165) is 24.2 Å². The van der Waals surface area contributed by atoms with Gasteiger partial charge in [0.05, 0.1) is 19.3 Å². The number of carbonyl (C=O) groups is 1. The molecular formula is C20H24ClN3O2. The number of amides is 1. The van der Waals surface area contributed by atoms with Crippen LogP contribution in [0.2, 0.25) is 5.02 Å². The van der Waals surface area contributed by atoms with E-state index in [4.69, 9.17) is 22.1 Å². The summed E-state index contributed by atoms with van der Waals surface area (Å²) in [6, 6.07) is 13.3. The molecule has 1 atom stereocenters. The lowest BCUT2D eigenvalue weighted by Crippen LogP contribution is -2.43. The molecule has 26 heavy (non-hydrogen) atoms. The fraction of sp³-hybridized carbons (Fsp3) is 0.350. The van der Waals surface area contributed by atoms with E-state index in [2.05, 4.69) is 10.2 Å². The van der Waals surface area contributed by atoms with Crippen LogP contribution in [0.25, 0.3) is 0 Å². The Kier molecular flexibility index (Phi) is 6.14. The molecule has 3 N–H and O–H groups in total. The standard InChI is InChI=1S/C20H24ClN3O2/c1-14-2-7-17(22)12-18(14)20(25)23-13-19(24-8-10-26-11-9-24)15-3-5-16(21)6-4-15/h2-7,12,19H,8-11,13,22H2,1H3,(H,23,25). The van der Waals surface area contributed by atoms with Gasteiger partial charge in [-0.05, 0) is 42.3 Å². The molecular weight excluding hydrogens is 350 g/mol. The van der Waals surface area contributed by atoms with Gasteiger partial charge in [0.25, 0.3) is 5.91 Å². The Labute approximate surface area is 159 Å². The molecule has 0 radical (unpaired) electrons. The quantitative estimate of drug-likeness (QED) is 0.790. The van der Waals surface area contributed by atoms with Crippen LogP contribution in [0.4, 0.5) is 5.69 Å². The minimum Gasteiger partial charge on any atom is -0.399 e. The topological polar surface area (TPSA) is 67.6 Å². The number of ether oxygens (including phenoxy) is 1. The molecule has 2 aromatic rings. The van der Waals surface area contributed by atoms with Crippen molar-refractivity contribution in [2.75, 3.05) is 38.6 Å². The third-order valence-corrected chi connectivity index (χ3v) is 4.96. The predicted octanol–water partition coefficient (Wildman–Crippen LogP) is 3.03. The Bertz CT molecular complexity index is 758. The number of benzene rings is 2. The molecule has 5 nitrogen and oxygen atoms in total.